The summed E-state index contributed by atoms with van der Waals surface area (Å²) in [5.41, 5.74) is 2.75. The molecule has 4 heteroatoms. The Morgan fingerprint density at radius 2 is 2.42 bits per heavy atom. The first-order chi connectivity index (χ1) is 5.83. The molecule has 2 rings (SSSR count). The van der Waals surface area contributed by atoms with E-state index < -0.39 is 0 Å². The summed E-state index contributed by atoms with van der Waals surface area (Å²) in [7, 11) is 0. The summed E-state index contributed by atoms with van der Waals surface area (Å²) in [4.78, 5) is 11.7. The third-order valence-corrected chi connectivity index (χ3v) is 2.95. The average Bonchev–Trinajstić information content (AvgIpc) is 2.83. The maximum absolute atomic E-state index is 11.1. The predicted octanol–water partition coefficient (Wildman–Crippen LogP) is 1.74. The minimum Gasteiger partial charge on any atom is -0.288 e. The molecule has 1 aliphatic carbocycles. The molecule has 0 bridgehead atoms. The third kappa shape index (κ3) is 1.23. The van der Waals surface area contributed by atoms with Gasteiger partial charge in [-0.25, -0.2) is 5.48 Å². The van der Waals surface area contributed by atoms with Gasteiger partial charge in [0.05, 0.1) is 4.88 Å². The standard InChI is InChI=1S/C8H9NO2S/c10-8(9-11)7-6(3-4-12-7)5-1-2-5/h3-5,11H,1-2H2,(H,9,10). The van der Waals surface area contributed by atoms with E-state index in [9.17, 15) is 4.79 Å². The molecule has 1 amide bonds. The van der Waals surface area contributed by atoms with E-state index in [1.807, 2.05) is 11.4 Å². The minimum absolute atomic E-state index is 0.382. The van der Waals surface area contributed by atoms with Crippen LogP contribution in [0.3, 0.4) is 0 Å². The fourth-order valence-corrected chi connectivity index (χ4v) is 2.14. The zero-order chi connectivity index (χ0) is 8.55. The van der Waals surface area contributed by atoms with Crippen LogP contribution in [-0.2, 0) is 0 Å². The molecule has 2 N–H and O–H groups in total. The molecule has 1 aromatic heterocycles. The van der Waals surface area contributed by atoms with Gasteiger partial charge in [0.1, 0.15) is 0 Å². The molecule has 3 nitrogen and oxygen atoms in total. The zero-order valence-electron chi connectivity index (χ0n) is 6.41. The number of carbonyl (C=O) groups excluding carboxylic acids is 1. The summed E-state index contributed by atoms with van der Waals surface area (Å²) < 4.78 is 0. The Hall–Kier alpha value is -0.870. The number of carbonyl (C=O) groups is 1. The fraction of sp³-hybridized carbons (Fsp3) is 0.375. The molecule has 0 radical (unpaired) electrons. The van der Waals surface area contributed by atoms with Crippen molar-refractivity contribution in [3.63, 3.8) is 0 Å². The van der Waals surface area contributed by atoms with Crippen LogP contribution < -0.4 is 5.48 Å². The highest BCUT2D eigenvalue weighted by molar-refractivity contribution is 7.12. The topological polar surface area (TPSA) is 49.3 Å². The van der Waals surface area contributed by atoms with Gasteiger partial charge in [-0.05, 0) is 35.8 Å². The van der Waals surface area contributed by atoms with Gasteiger partial charge in [0.25, 0.3) is 5.91 Å². The number of hydroxylamine groups is 1. The average molecular weight is 183 g/mol. The monoisotopic (exact) mass is 183 g/mol. The van der Waals surface area contributed by atoms with E-state index in [2.05, 4.69) is 0 Å². The van der Waals surface area contributed by atoms with Crippen LogP contribution in [0.25, 0.3) is 0 Å². The summed E-state index contributed by atoms with van der Waals surface area (Å²) in [5.74, 6) is 0.176. The van der Waals surface area contributed by atoms with Crippen molar-refractivity contribution in [1.29, 1.82) is 0 Å². The molecule has 64 valence electrons. The Balaban J connectivity index is 2.29. The Bertz CT molecular complexity index is 304. The van der Waals surface area contributed by atoms with Crippen molar-refractivity contribution in [3.05, 3.63) is 21.9 Å². The summed E-state index contributed by atoms with van der Waals surface area (Å²) >= 11 is 1.38. The lowest BCUT2D eigenvalue weighted by Crippen LogP contribution is -2.18. The lowest BCUT2D eigenvalue weighted by atomic mass is 10.1. The van der Waals surface area contributed by atoms with Gasteiger partial charge in [0.2, 0.25) is 0 Å². The van der Waals surface area contributed by atoms with E-state index in [-0.39, 0.29) is 5.91 Å². The first-order valence-electron chi connectivity index (χ1n) is 3.84. The van der Waals surface area contributed by atoms with Gasteiger partial charge < -0.3 is 0 Å². The molecule has 0 unspecified atom stereocenters. The van der Waals surface area contributed by atoms with E-state index in [0.29, 0.717) is 10.8 Å². The summed E-state index contributed by atoms with van der Waals surface area (Å²) in [5, 5.41) is 10.3. The summed E-state index contributed by atoms with van der Waals surface area (Å²) in [6, 6.07) is 1.97. The number of hydrogen-bond acceptors (Lipinski definition) is 3. The van der Waals surface area contributed by atoms with Crippen LogP contribution in [0.5, 0.6) is 0 Å². The Labute approximate surface area is 74.0 Å². The molecular formula is C8H9NO2S. The second kappa shape index (κ2) is 2.88. The zero-order valence-corrected chi connectivity index (χ0v) is 7.23. The molecule has 0 aromatic carbocycles. The summed E-state index contributed by atoms with van der Waals surface area (Å²) in [6.07, 6.45) is 2.34. The molecule has 1 saturated carbocycles. The maximum Gasteiger partial charge on any atom is 0.284 e. The SMILES string of the molecule is O=C(NO)c1sccc1C1CC1. The van der Waals surface area contributed by atoms with E-state index in [0.717, 1.165) is 5.56 Å². The number of hydrogen-bond donors (Lipinski definition) is 2. The largest absolute Gasteiger partial charge is 0.288 e. The number of rotatable bonds is 2. The number of thiophene rings is 1. The molecule has 0 spiro atoms. The molecule has 0 atom stereocenters. The third-order valence-electron chi connectivity index (χ3n) is 2.02. The van der Waals surface area contributed by atoms with Crippen LogP contribution in [0.4, 0.5) is 0 Å². The molecule has 12 heavy (non-hydrogen) atoms. The molecular weight excluding hydrogens is 174 g/mol. The van der Waals surface area contributed by atoms with E-state index >= 15 is 0 Å². The van der Waals surface area contributed by atoms with Crippen LogP contribution in [-0.4, -0.2) is 11.1 Å². The second-order valence-electron chi connectivity index (χ2n) is 2.92. The van der Waals surface area contributed by atoms with Gasteiger partial charge in [-0.15, -0.1) is 11.3 Å². The van der Waals surface area contributed by atoms with Gasteiger partial charge in [-0.1, -0.05) is 0 Å². The first-order valence-corrected chi connectivity index (χ1v) is 4.72. The van der Waals surface area contributed by atoms with Crippen molar-refractivity contribution in [2.75, 3.05) is 0 Å². The highest BCUT2D eigenvalue weighted by atomic mass is 32.1. The van der Waals surface area contributed by atoms with Gasteiger partial charge in [-0.3, -0.25) is 10.0 Å². The Kier molecular flexibility index (Phi) is 1.86. The van der Waals surface area contributed by atoms with Gasteiger partial charge >= 0.3 is 0 Å². The molecule has 1 aromatic rings. The number of nitrogens with one attached hydrogen (secondary N) is 1. The van der Waals surface area contributed by atoms with Crippen molar-refractivity contribution in [2.24, 2.45) is 0 Å². The van der Waals surface area contributed by atoms with Crippen LogP contribution in [0, 0.1) is 0 Å². The first kappa shape index (κ1) is 7.76. The van der Waals surface area contributed by atoms with Crippen molar-refractivity contribution in [3.8, 4) is 0 Å². The van der Waals surface area contributed by atoms with Gasteiger partial charge in [0.15, 0.2) is 0 Å². The minimum atomic E-state index is -0.382. The lowest BCUT2D eigenvalue weighted by Gasteiger charge is -1.98. The predicted molar refractivity (Wildman–Crippen MR) is 45.5 cm³/mol. The Morgan fingerprint density at radius 1 is 1.67 bits per heavy atom. The van der Waals surface area contributed by atoms with E-state index in [1.54, 1.807) is 5.48 Å². The smallest absolute Gasteiger partial charge is 0.284 e. The highest BCUT2D eigenvalue weighted by Gasteiger charge is 2.28. The number of amides is 1. The Morgan fingerprint density at radius 3 is 3.00 bits per heavy atom. The van der Waals surface area contributed by atoms with Crippen LogP contribution in [0.1, 0.15) is 34.0 Å². The van der Waals surface area contributed by atoms with Crippen molar-refractivity contribution < 1.29 is 10.0 Å². The second-order valence-corrected chi connectivity index (χ2v) is 3.84. The maximum atomic E-state index is 11.1. The van der Waals surface area contributed by atoms with E-state index in [4.69, 9.17) is 5.21 Å². The van der Waals surface area contributed by atoms with Crippen LogP contribution in [0.2, 0.25) is 0 Å². The molecule has 1 aliphatic rings. The van der Waals surface area contributed by atoms with Crippen molar-refractivity contribution >= 4 is 17.2 Å². The molecule has 1 fully saturated rings. The van der Waals surface area contributed by atoms with Crippen LogP contribution in [0.15, 0.2) is 11.4 Å². The highest BCUT2D eigenvalue weighted by Crippen LogP contribution is 2.43. The van der Waals surface area contributed by atoms with Gasteiger partial charge in [0, 0.05) is 0 Å². The van der Waals surface area contributed by atoms with Gasteiger partial charge in [-0.2, -0.15) is 0 Å². The van der Waals surface area contributed by atoms with Crippen molar-refractivity contribution in [2.45, 2.75) is 18.8 Å². The quantitative estimate of drug-likeness (QED) is 0.542. The lowest BCUT2D eigenvalue weighted by molar-refractivity contribution is 0.0710. The van der Waals surface area contributed by atoms with Crippen LogP contribution >= 0.6 is 11.3 Å². The fourth-order valence-electron chi connectivity index (χ4n) is 1.27. The van der Waals surface area contributed by atoms with E-state index in [1.165, 1.54) is 24.2 Å². The molecule has 0 aliphatic heterocycles. The molecule has 0 saturated heterocycles. The molecule has 1 heterocycles. The summed E-state index contributed by atoms with van der Waals surface area (Å²) in [6.45, 7) is 0. The normalized spacial score (nSPS) is 16.1. The van der Waals surface area contributed by atoms with Crippen molar-refractivity contribution in [1.82, 2.24) is 5.48 Å².